The molecule has 130 valence electrons. The Kier molecular flexibility index (Phi) is 8.22. The molecule has 0 aliphatic rings. The van der Waals surface area contributed by atoms with Gasteiger partial charge in [-0.15, -0.1) is 12.4 Å². The summed E-state index contributed by atoms with van der Waals surface area (Å²) < 4.78 is 18.5. The lowest BCUT2D eigenvalue weighted by molar-refractivity contribution is -0.120. The number of carbonyl (C=O) groups excluding carboxylic acids is 1. The lowest BCUT2D eigenvalue weighted by Gasteiger charge is -2.15. The summed E-state index contributed by atoms with van der Waals surface area (Å²) in [5.74, 6) is 0.427. The number of hydrogen-bond donors (Lipinski definition) is 2. The zero-order valence-corrected chi connectivity index (χ0v) is 14.5. The average Bonchev–Trinajstić information content (AvgIpc) is 2.55. The molecule has 0 bridgehead atoms. The number of amides is 1. The molecule has 0 heterocycles. The lowest BCUT2D eigenvalue weighted by atomic mass is 10.1. The van der Waals surface area contributed by atoms with Gasteiger partial charge in [-0.2, -0.15) is 0 Å². The lowest BCUT2D eigenvalue weighted by Crippen LogP contribution is -2.33. The van der Waals surface area contributed by atoms with Crippen LogP contribution in [0, 0.1) is 5.82 Å². The van der Waals surface area contributed by atoms with Crippen LogP contribution in [0.1, 0.15) is 24.1 Å². The third-order valence-corrected chi connectivity index (χ3v) is 3.41. The molecule has 0 radical (unpaired) electrons. The van der Waals surface area contributed by atoms with Crippen LogP contribution in [0.5, 0.6) is 5.75 Å². The Bertz CT molecular complexity index is 632. The van der Waals surface area contributed by atoms with E-state index < -0.39 is 0 Å². The number of likely N-dealkylation sites (N-methyl/N-ethyl adjacent to an activating group) is 1. The molecular formula is C18H22ClFN2O2. The Balaban J connectivity index is 0.00000288. The first-order valence-corrected chi connectivity index (χ1v) is 7.49. The van der Waals surface area contributed by atoms with Crippen molar-refractivity contribution in [3.8, 4) is 5.75 Å². The van der Waals surface area contributed by atoms with Crippen molar-refractivity contribution < 1.29 is 13.9 Å². The molecule has 0 spiro atoms. The Labute approximate surface area is 147 Å². The van der Waals surface area contributed by atoms with Crippen LogP contribution < -0.4 is 15.4 Å². The zero-order valence-electron chi connectivity index (χ0n) is 13.7. The summed E-state index contributed by atoms with van der Waals surface area (Å²) in [4.78, 5) is 11.6. The summed E-state index contributed by atoms with van der Waals surface area (Å²) >= 11 is 0. The molecule has 0 aliphatic carbocycles. The Hall–Kier alpha value is -2.11. The van der Waals surface area contributed by atoms with E-state index in [1.807, 2.05) is 31.2 Å². The molecule has 0 saturated heterocycles. The van der Waals surface area contributed by atoms with Crippen molar-refractivity contribution in [1.29, 1.82) is 0 Å². The van der Waals surface area contributed by atoms with E-state index in [-0.39, 0.29) is 30.2 Å². The van der Waals surface area contributed by atoms with Gasteiger partial charge in [-0.1, -0.05) is 24.3 Å². The highest BCUT2D eigenvalue weighted by molar-refractivity contribution is 5.85. The summed E-state index contributed by atoms with van der Waals surface area (Å²) in [6.07, 6.45) is 0. The van der Waals surface area contributed by atoms with Gasteiger partial charge in [0.2, 0.25) is 5.91 Å². The van der Waals surface area contributed by atoms with Crippen LogP contribution in [0.25, 0.3) is 0 Å². The van der Waals surface area contributed by atoms with Crippen LogP contribution in [0.2, 0.25) is 0 Å². The van der Waals surface area contributed by atoms with E-state index in [1.165, 1.54) is 12.1 Å². The first kappa shape index (κ1) is 19.9. The second-order valence-corrected chi connectivity index (χ2v) is 5.30. The van der Waals surface area contributed by atoms with Gasteiger partial charge in [0.15, 0.2) is 0 Å². The highest BCUT2D eigenvalue weighted by Crippen LogP contribution is 2.18. The van der Waals surface area contributed by atoms with Gasteiger partial charge in [0.25, 0.3) is 0 Å². The molecule has 1 unspecified atom stereocenters. The minimum Gasteiger partial charge on any atom is -0.489 e. The van der Waals surface area contributed by atoms with Gasteiger partial charge in [-0.3, -0.25) is 4.79 Å². The van der Waals surface area contributed by atoms with Crippen LogP contribution in [-0.2, 0) is 11.4 Å². The van der Waals surface area contributed by atoms with Crippen molar-refractivity contribution >= 4 is 18.3 Å². The fourth-order valence-electron chi connectivity index (χ4n) is 2.14. The zero-order chi connectivity index (χ0) is 16.7. The van der Waals surface area contributed by atoms with Crippen molar-refractivity contribution in [3.05, 3.63) is 65.5 Å². The van der Waals surface area contributed by atoms with Crippen molar-refractivity contribution in [2.45, 2.75) is 19.6 Å². The second kappa shape index (κ2) is 9.90. The number of carbonyl (C=O) groups is 1. The third kappa shape index (κ3) is 6.18. The third-order valence-electron chi connectivity index (χ3n) is 3.41. The van der Waals surface area contributed by atoms with Crippen molar-refractivity contribution in [1.82, 2.24) is 10.6 Å². The molecule has 0 aromatic heterocycles. The molecule has 0 saturated carbocycles. The maximum atomic E-state index is 12.8. The fraction of sp³-hybridized carbons (Fsp3) is 0.278. The molecule has 2 N–H and O–H groups in total. The topological polar surface area (TPSA) is 50.4 Å². The minimum atomic E-state index is -0.257. The number of halogens is 2. The summed E-state index contributed by atoms with van der Waals surface area (Å²) in [6, 6.07) is 13.7. The molecule has 2 aromatic carbocycles. The predicted molar refractivity (Wildman–Crippen MR) is 94.9 cm³/mol. The molecule has 2 aromatic rings. The molecule has 6 heteroatoms. The van der Waals surface area contributed by atoms with E-state index in [0.29, 0.717) is 13.2 Å². The Morgan fingerprint density at radius 1 is 1.12 bits per heavy atom. The van der Waals surface area contributed by atoms with Crippen LogP contribution in [-0.4, -0.2) is 19.5 Å². The van der Waals surface area contributed by atoms with Gasteiger partial charge >= 0.3 is 0 Å². The van der Waals surface area contributed by atoms with Gasteiger partial charge in [0.1, 0.15) is 18.2 Å². The standard InChI is InChI=1S/C18H21FN2O2.ClH/c1-13(21-18(22)11-20-2)15-5-9-17(10-6-15)23-12-14-3-7-16(19)8-4-14;/h3-10,13,20H,11-12H2,1-2H3,(H,21,22);1H. The molecule has 0 aliphatic heterocycles. The molecule has 0 fully saturated rings. The van der Waals surface area contributed by atoms with Crippen LogP contribution in [0.15, 0.2) is 48.5 Å². The first-order valence-electron chi connectivity index (χ1n) is 7.49. The fourth-order valence-corrected chi connectivity index (χ4v) is 2.14. The van der Waals surface area contributed by atoms with Gasteiger partial charge in [-0.05, 0) is 49.4 Å². The normalized spacial score (nSPS) is 11.3. The van der Waals surface area contributed by atoms with Crippen LogP contribution in [0.4, 0.5) is 4.39 Å². The largest absolute Gasteiger partial charge is 0.489 e. The highest BCUT2D eigenvalue weighted by atomic mass is 35.5. The Morgan fingerprint density at radius 3 is 2.33 bits per heavy atom. The molecule has 1 atom stereocenters. The van der Waals surface area contributed by atoms with E-state index in [2.05, 4.69) is 10.6 Å². The number of ether oxygens (including phenoxy) is 1. The van der Waals surface area contributed by atoms with E-state index in [4.69, 9.17) is 4.74 Å². The highest BCUT2D eigenvalue weighted by Gasteiger charge is 2.08. The van der Waals surface area contributed by atoms with Crippen molar-refractivity contribution in [2.75, 3.05) is 13.6 Å². The predicted octanol–water partition coefficient (Wildman–Crippen LogP) is 3.22. The van der Waals surface area contributed by atoms with Gasteiger partial charge in [0.05, 0.1) is 12.6 Å². The summed E-state index contributed by atoms with van der Waals surface area (Å²) in [5, 5.41) is 5.72. The van der Waals surface area contributed by atoms with E-state index >= 15 is 0 Å². The number of nitrogens with one attached hydrogen (secondary N) is 2. The maximum Gasteiger partial charge on any atom is 0.234 e. The minimum absolute atomic E-state index is 0. The van der Waals surface area contributed by atoms with E-state index in [1.54, 1.807) is 19.2 Å². The van der Waals surface area contributed by atoms with Crippen molar-refractivity contribution in [2.24, 2.45) is 0 Å². The smallest absolute Gasteiger partial charge is 0.234 e. The SMILES string of the molecule is CNCC(=O)NC(C)c1ccc(OCc2ccc(F)cc2)cc1.Cl. The molecular weight excluding hydrogens is 331 g/mol. The van der Waals surface area contributed by atoms with E-state index in [9.17, 15) is 9.18 Å². The van der Waals surface area contributed by atoms with Gasteiger partial charge < -0.3 is 15.4 Å². The molecule has 1 amide bonds. The van der Waals surface area contributed by atoms with Crippen molar-refractivity contribution in [3.63, 3.8) is 0 Å². The average molecular weight is 353 g/mol. The van der Waals surface area contributed by atoms with Crippen LogP contribution in [0.3, 0.4) is 0 Å². The second-order valence-electron chi connectivity index (χ2n) is 5.30. The summed E-state index contributed by atoms with van der Waals surface area (Å²) in [5.41, 5.74) is 1.91. The summed E-state index contributed by atoms with van der Waals surface area (Å²) in [7, 11) is 1.73. The monoisotopic (exact) mass is 352 g/mol. The number of benzene rings is 2. The van der Waals surface area contributed by atoms with Gasteiger partial charge in [-0.25, -0.2) is 4.39 Å². The molecule has 2 rings (SSSR count). The quantitative estimate of drug-likeness (QED) is 0.804. The first-order chi connectivity index (χ1) is 11.1. The summed E-state index contributed by atoms with van der Waals surface area (Å²) in [6.45, 7) is 2.61. The van der Waals surface area contributed by atoms with E-state index in [0.717, 1.165) is 16.9 Å². The number of rotatable bonds is 7. The Morgan fingerprint density at radius 2 is 1.75 bits per heavy atom. The molecule has 4 nitrogen and oxygen atoms in total. The van der Waals surface area contributed by atoms with Gasteiger partial charge in [0, 0.05) is 0 Å². The number of hydrogen-bond acceptors (Lipinski definition) is 3. The molecule has 24 heavy (non-hydrogen) atoms. The maximum absolute atomic E-state index is 12.8. The van der Waals surface area contributed by atoms with Crippen LogP contribution >= 0.6 is 12.4 Å².